The van der Waals surface area contributed by atoms with Crippen LogP contribution in [0.15, 0.2) is 18.2 Å². The number of carbonyl (C=O) groups is 1. The van der Waals surface area contributed by atoms with Crippen molar-refractivity contribution < 1.29 is 14.5 Å². The van der Waals surface area contributed by atoms with Crippen molar-refractivity contribution >= 4 is 17.3 Å². The second-order valence-corrected chi connectivity index (χ2v) is 4.81. The average molecular weight is 279 g/mol. The minimum atomic E-state index is -0.538. The van der Waals surface area contributed by atoms with Gasteiger partial charge < -0.3 is 15.8 Å². The fourth-order valence-corrected chi connectivity index (χ4v) is 2.18. The van der Waals surface area contributed by atoms with Crippen molar-refractivity contribution in [2.75, 3.05) is 11.9 Å². The van der Waals surface area contributed by atoms with Crippen LogP contribution in [0.5, 0.6) is 0 Å². The van der Waals surface area contributed by atoms with Gasteiger partial charge in [-0.1, -0.05) is 6.07 Å². The summed E-state index contributed by atoms with van der Waals surface area (Å²) in [7, 11) is 0. The largest absolute Gasteiger partial charge is 0.364 e. The van der Waals surface area contributed by atoms with Gasteiger partial charge in [0.25, 0.3) is 11.6 Å². The molecule has 0 aliphatic carbocycles. The smallest absolute Gasteiger partial charge is 0.274 e. The first-order chi connectivity index (χ1) is 9.51. The Morgan fingerprint density at radius 3 is 2.90 bits per heavy atom. The molecule has 0 spiro atoms. The number of carbonyl (C=O) groups excluding carboxylic acids is 1. The number of benzene rings is 1. The molecule has 108 valence electrons. The number of amides is 1. The number of nitrogens with zero attached hydrogens (tertiary/aromatic N) is 1. The molecule has 0 saturated carbocycles. The first-order valence-corrected chi connectivity index (χ1v) is 6.42. The summed E-state index contributed by atoms with van der Waals surface area (Å²) >= 11 is 0. The maximum absolute atomic E-state index is 12.0. The maximum Gasteiger partial charge on any atom is 0.274 e. The monoisotopic (exact) mass is 279 g/mol. The van der Waals surface area contributed by atoms with E-state index in [2.05, 4.69) is 5.32 Å². The number of hydrogen-bond acceptors (Lipinski definition) is 5. The minimum Gasteiger partial charge on any atom is -0.364 e. The predicted molar refractivity (Wildman–Crippen MR) is 73.4 cm³/mol. The van der Waals surface area contributed by atoms with Gasteiger partial charge in [0.05, 0.1) is 11.0 Å². The van der Waals surface area contributed by atoms with Crippen molar-refractivity contribution in [1.29, 1.82) is 0 Å². The number of nitrogens with one attached hydrogen (secondary N) is 1. The van der Waals surface area contributed by atoms with E-state index in [0.717, 1.165) is 6.42 Å². The molecule has 20 heavy (non-hydrogen) atoms. The van der Waals surface area contributed by atoms with Crippen LogP contribution in [-0.4, -0.2) is 29.6 Å². The maximum atomic E-state index is 12.0. The van der Waals surface area contributed by atoms with Crippen molar-refractivity contribution in [2.24, 2.45) is 5.73 Å². The van der Waals surface area contributed by atoms with E-state index >= 15 is 0 Å². The highest BCUT2D eigenvalue weighted by Crippen LogP contribution is 2.24. The van der Waals surface area contributed by atoms with Gasteiger partial charge in [-0.25, -0.2) is 0 Å². The van der Waals surface area contributed by atoms with E-state index in [1.165, 1.54) is 6.07 Å². The van der Waals surface area contributed by atoms with Crippen LogP contribution < -0.4 is 11.1 Å². The number of rotatable bonds is 4. The molecule has 0 bridgehead atoms. The van der Waals surface area contributed by atoms with E-state index in [1.807, 2.05) is 0 Å². The third kappa shape index (κ3) is 3.12. The summed E-state index contributed by atoms with van der Waals surface area (Å²) < 4.78 is 5.48. The van der Waals surface area contributed by atoms with Gasteiger partial charge in [-0.2, -0.15) is 0 Å². The van der Waals surface area contributed by atoms with Crippen molar-refractivity contribution in [2.45, 2.75) is 32.0 Å². The molecular formula is C13H17N3O4. The van der Waals surface area contributed by atoms with E-state index in [-0.39, 0.29) is 17.7 Å². The lowest BCUT2D eigenvalue weighted by molar-refractivity contribution is -0.385. The summed E-state index contributed by atoms with van der Waals surface area (Å²) in [5, 5.41) is 13.5. The summed E-state index contributed by atoms with van der Waals surface area (Å²) in [5.41, 5.74) is 6.41. The van der Waals surface area contributed by atoms with Crippen LogP contribution >= 0.6 is 0 Å². The third-order valence-corrected chi connectivity index (χ3v) is 3.34. The summed E-state index contributed by atoms with van der Waals surface area (Å²) in [4.78, 5) is 22.4. The van der Waals surface area contributed by atoms with Crippen molar-refractivity contribution in [3.05, 3.63) is 33.9 Å². The minimum absolute atomic E-state index is 0.0185. The molecule has 1 aliphatic heterocycles. The van der Waals surface area contributed by atoms with Gasteiger partial charge in [0.15, 0.2) is 0 Å². The normalized spacial score (nSPS) is 21.7. The molecule has 1 saturated heterocycles. The highest BCUT2D eigenvalue weighted by Gasteiger charge is 2.30. The number of aryl methyl sites for hydroxylation is 1. The molecule has 2 atom stereocenters. The Morgan fingerprint density at radius 2 is 2.30 bits per heavy atom. The van der Waals surface area contributed by atoms with Crippen LogP contribution in [0.2, 0.25) is 0 Å². The van der Waals surface area contributed by atoms with E-state index in [9.17, 15) is 14.9 Å². The molecule has 7 nitrogen and oxygen atoms in total. The molecule has 1 amide bonds. The van der Waals surface area contributed by atoms with Crippen LogP contribution in [0.4, 0.5) is 11.4 Å². The van der Waals surface area contributed by atoms with Crippen molar-refractivity contribution in [1.82, 2.24) is 0 Å². The Hall–Kier alpha value is -1.99. The lowest BCUT2D eigenvalue weighted by Gasteiger charge is -2.12. The zero-order valence-electron chi connectivity index (χ0n) is 11.2. The SMILES string of the molecule is Cc1ccc(NC(=O)C2CCC(CN)O2)cc1[N+](=O)[O-]. The van der Waals surface area contributed by atoms with Gasteiger partial charge in [0, 0.05) is 23.9 Å². The Bertz CT molecular complexity index is 532. The Morgan fingerprint density at radius 1 is 1.55 bits per heavy atom. The van der Waals surface area contributed by atoms with Gasteiger partial charge in [-0.15, -0.1) is 0 Å². The summed E-state index contributed by atoms with van der Waals surface area (Å²) in [6.07, 6.45) is 0.742. The number of nitro groups is 1. The van der Waals surface area contributed by atoms with Gasteiger partial charge >= 0.3 is 0 Å². The lowest BCUT2D eigenvalue weighted by atomic mass is 10.1. The first kappa shape index (κ1) is 14.4. The van der Waals surface area contributed by atoms with Gasteiger partial charge in [-0.3, -0.25) is 14.9 Å². The summed E-state index contributed by atoms with van der Waals surface area (Å²) in [6, 6.07) is 4.59. The molecule has 2 rings (SSSR count). The molecule has 1 heterocycles. The average Bonchev–Trinajstić information content (AvgIpc) is 2.89. The molecule has 2 unspecified atom stereocenters. The number of hydrogen-bond donors (Lipinski definition) is 2. The van der Waals surface area contributed by atoms with E-state index in [4.69, 9.17) is 10.5 Å². The second kappa shape index (κ2) is 5.98. The summed E-state index contributed by atoms with van der Waals surface area (Å²) in [6.45, 7) is 2.04. The molecular weight excluding hydrogens is 262 g/mol. The number of ether oxygens (including phenoxy) is 1. The fraction of sp³-hybridized carbons (Fsp3) is 0.462. The van der Waals surface area contributed by atoms with Gasteiger partial charge in [0.1, 0.15) is 6.10 Å². The van der Waals surface area contributed by atoms with Crippen LogP contribution in [0.3, 0.4) is 0 Å². The van der Waals surface area contributed by atoms with Crippen molar-refractivity contribution in [3.63, 3.8) is 0 Å². The molecule has 1 aromatic carbocycles. The molecule has 1 aliphatic rings. The summed E-state index contributed by atoms with van der Waals surface area (Å²) in [5.74, 6) is -0.292. The first-order valence-electron chi connectivity index (χ1n) is 6.42. The molecule has 1 aromatic rings. The number of nitro benzene ring substituents is 1. The molecule has 0 aromatic heterocycles. The van der Waals surface area contributed by atoms with Crippen LogP contribution in [0.1, 0.15) is 18.4 Å². The topological polar surface area (TPSA) is 107 Å². The quantitative estimate of drug-likeness (QED) is 0.639. The molecule has 0 radical (unpaired) electrons. The molecule has 1 fully saturated rings. The number of anilines is 1. The Balaban J connectivity index is 2.05. The van der Waals surface area contributed by atoms with E-state index < -0.39 is 11.0 Å². The Labute approximate surface area is 116 Å². The fourth-order valence-electron chi connectivity index (χ4n) is 2.18. The second-order valence-electron chi connectivity index (χ2n) is 4.81. The standard InChI is InChI=1S/C13H17N3O4/c1-8-2-3-9(6-11(8)16(18)19)15-13(17)12-5-4-10(7-14)20-12/h2-3,6,10,12H,4-5,7,14H2,1H3,(H,15,17). The lowest BCUT2D eigenvalue weighted by Crippen LogP contribution is -2.29. The predicted octanol–water partition coefficient (Wildman–Crippen LogP) is 1.35. The third-order valence-electron chi connectivity index (χ3n) is 3.34. The van der Waals surface area contributed by atoms with E-state index in [0.29, 0.717) is 24.2 Å². The highest BCUT2D eigenvalue weighted by atomic mass is 16.6. The van der Waals surface area contributed by atoms with Crippen LogP contribution in [0, 0.1) is 17.0 Å². The highest BCUT2D eigenvalue weighted by molar-refractivity contribution is 5.94. The van der Waals surface area contributed by atoms with Crippen LogP contribution in [0.25, 0.3) is 0 Å². The number of nitrogens with two attached hydrogens (primary N) is 1. The van der Waals surface area contributed by atoms with Crippen LogP contribution in [-0.2, 0) is 9.53 Å². The van der Waals surface area contributed by atoms with Crippen molar-refractivity contribution in [3.8, 4) is 0 Å². The van der Waals surface area contributed by atoms with Gasteiger partial charge in [0.2, 0.25) is 0 Å². The zero-order chi connectivity index (χ0) is 14.7. The molecule has 3 N–H and O–H groups in total. The Kier molecular flexibility index (Phi) is 4.31. The van der Waals surface area contributed by atoms with Gasteiger partial charge in [-0.05, 0) is 25.8 Å². The zero-order valence-corrected chi connectivity index (χ0v) is 11.2. The van der Waals surface area contributed by atoms with E-state index in [1.54, 1.807) is 19.1 Å². The molecule has 7 heteroatoms.